The molecule has 0 radical (unpaired) electrons. The second kappa shape index (κ2) is 10.1. The van der Waals surface area contributed by atoms with Crippen molar-refractivity contribution in [3.8, 4) is 5.75 Å². The molecule has 5 rings (SSSR count). The minimum absolute atomic E-state index is 0.0915. The summed E-state index contributed by atoms with van der Waals surface area (Å²) in [5, 5.41) is 3.33. The van der Waals surface area contributed by atoms with E-state index >= 15 is 0 Å². The number of aryl methyl sites for hydroxylation is 2. The largest absolute Gasteiger partial charge is 0.495 e. The molecule has 1 aromatic carbocycles. The van der Waals surface area contributed by atoms with Crippen LogP contribution in [0.2, 0.25) is 0 Å². The molecule has 3 aromatic rings. The van der Waals surface area contributed by atoms with Gasteiger partial charge < -0.3 is 19.9 Å². The molecule has 0 saturated carbocycles. The molecule has 1 N–H and O–H groups in total. The molecule has 2 aromatic heterocycles. The van der Waals surface area contributed by atoms with E-state index in [0.717, 1.165) is 47.5 Å². The molecule has 2 aliphatic rings. The molecule has 1 aliphatic carbocycles. The third kappa shape index (κ3) is 4.75. The van der Waals surface area contributed by atoms with Crippen molar-refractivity contribution in [2.24, 2.45) is 0 Å². The smallest absolute Gasteiger partial charge is 0.262 e. The van der Waals surface area contributed by atoms with Crippen LogP contribution >= 0.6 is 11.3 Å². The number of carbonyl (C=O) groups is 2. The number of para-hydroxylation sites is 2. The van der Waals surface area contributed by atoms with Gasteiger partial charge in [-0.25, -0.2) is 4.98 Å². The highest BCUT2D eigenvalue weighted by Gasteiger charge is 2.24. The van der Waals surface area contributed by atoms with Gasteiger partial charge in [0.05, 0.1) is 31.1 Å². The predicted molar refractivity (Wildman–Crippen MR) is 135 cm³/mol. The van der Waals surface area contributed by atoms with Crippen LogP contribution in [0, 0.1) is 0 Å². The molecule has 9 nitrogen and oxygen atoms in total. The fourth-order valence-electron chi connectivity index (χ4n) is 4.88. The summed E-state index contributed by atoms with van der Waals surface area (Å²) in [6.07, 6.45) is 5.53. The minimum atomic E-state index is -0.377. The van der Waals surface area contributed by atoms with Crippen LogP contribution in [-0.4, -0.2) is 66.1 Å². The van der Waals surface area contributed by atoms with E-state index in [9.17, 15) is 14.4 Å². The number of methoxy groups -OCH3 is 1. The Morgan fingerprint density at radius 1 is 1.11 bits per heavy atom. The molecule has 0 spiro atoms. The molecule has 3 heterocycles. The zero-order chi connectivity index (χ0) is 24.4. The SMILES string of the molecule is COc1ccccc1N1CCN(C(=O)CNC(=O)Cn2cnc3sc4c(c3c2=O)CCCC4)CC1. The first-order valence-electron chi connectivity index (χ1n) is 12.0. The summed E-state index contributed by atoms with van der Waals surface area (Å²) in [7, 11) is 1.65. The maximum Gasteiger partial charge on any atom is 0.262 e. The number of ether oxygens (including phenoxy) is 1. The monoisotopic (exact) mass is 495 g/mol. The molecule has 0 unspecified atom stereocenters. The number of hydrogen-bond acceptors (Lipinski definition) is 7. The topological polar surface area (TPSA) is 96.8 Å². The van der Waals surface area contributed by atoms with Crippen molar-refractivity contribution in [1.82, 2.24) is 19.8 Å². The Kier molecular flexibility index (Phi) is 6.72. The van der Waals surface area contributed by atoms with Crippen LogP contribution in [0.4, 0.5) is 5.69 Å². The Labute approximate surface area is 207 Å². The molecular formula is C25H29N5O4S. The Hall–Kier alpha value is -3.40. The van der Waals surface area contributed by atoms with Gasteiger partial charge in [0.1, 0.15) is 17.1 Å². The van der Waals surface area contributed by atoms with Gasteiger partial charge in [0.25, 0.3) is 5.56 Å². The van der Waals surface area contributed by atoms with Gasteiger partial charge in [-0.3, -0.25) is 19.0 Å². The first-order valence-corrected chi connectivity index (χ1v) is 12.8. The molecule has 2 amide bonds. The number of nitrogens with zero attached hydrogens (tertiary/aromatic N) is 4. The molecule has 1 fully saturated rings. The van der Waals surface area contributed by atoms with Crippen molar-refractivity contribution in [2.75, 3.05) is 44.7 Å². The van der Waals surface area contributed by atoms with Crippen molar-refractivity contribution >= 4 is 39.1 Å². The molecule has 10 heteroatoms. The summed E-state index contributed by atoms with van der Waals surface area (Å²) in [6, 6.07) is 7.84. The maximum atomic E-state index is 13.0. The summed E-state index contributed by atoms with van der Waals surface area (Å²) in [5.74, 6) is 0.301. The zero-order valence-corrected chi connectivity index (χ0v) is 20.6. The second-order valence-electron chi connectivity index (χ2n) is 8.89. The summed E-state index contributed by atoms with van der Waals surface area (Å²) >= 11 is 1.59. The van der Waals surface area contributed by atoms with Gasteiger partial charge in [0.2, 0.25) is 11.8 Å². The van der Waals surface area contributed by atoms with E-state index in [1.54, 1.807) is 23.3 Å². The first-order chi connectivity index (χ1) is 17.0. The molecular weight excluding hydrogens is 466 g/mol. The van der Waals surface area contributed by atoms with Gasteiger partial charge in [-0.1, -0.05) is 12.1 Å². The summed E-state index contributed by atoms with van der Waals surface area (Å²) in [6.45, 7) is 2.26. The van der Waals surface area contributed by atoms with E-state index in [-0.39, 0.29) is 30.5 Å². The lowest BCUT2D eigenvalue weighted by atomic mass is 9.97. The lowest BCUT2D eigenvalue weighted by Gasteiger charge is -2.36. The van der Waals surface area contributed by atoms with Gasteiger partial charge in [-0.2, -0.15) is 0 Å². The van der Waals surface area contributed by atoms with Gasteiger partial charge >= 0.3 is 0 Å². The number of benzene rings is 1. The molecule has 35 heavy (non-hydrogen) atoms. The number of carbonyl (C=O) groups excluding carboxylic acids is 2. The molecule has 184 valence electrons. The van der Waals surface area contributed by atoms with E-state index in [4.69, 9.17) is 4.74 Å². The van der Waals surface area contributed by atoms with E-state index < -0.39 is 0 Å². The van der Waals surface area contributed by atoms with Gasteiger partial charge in [0, 0.05) is 31.1 Å². The Morgan fingerprint density at radius 2 is 1.89 bits per heavy atom. The second-order valence-corrected chi connectivity index (χ2v) is 9.97. The van der Waals surface area contributed by atoms with Gasteiger partial charge in [-0.15, -0.1) is 11.3 Å². The lowest BCUT2D eigenvalue weighted by molar-refractivity contribution is -0.133. The number of rotatable bonds is 6. The Morgan fingerprint density at radius 3 is 2.69 bits per heavy atom. The van der Waals surface area contributed by atoms with E-state index in [2.05, 4.69) is 15.2 Å². The summed E-state index contributed by atoms with van der Waals surface area (Å²) in [5.41, 5.74) is 1.94. The number of fused-ring (bicyclic) bond motifs is 3. The number of hydrogen-bond donors (Lipinski definition) is 1. The average molecular weight is 496 g/mol. The highest BCUT2D eigenvalue weighted by atomic mass is 32.1. The van der Waals surface area contributed by atoms with Crippen molar-refractivity contribution in [3.63, 3.8) is 0 Å². The molecule has 0 bridgehead atoms. The number of piperazine rings is 1. The number of amides is 2. The fraction of sp³-hybridized carbons (Fsp3) is 0.440. The quantitative estimate of drug-likeness (QED) is 0.560. The van der Waals surface area contributed by atoms with E-state index in [1.165, 1.54) is 15.8 Å². The third-order valence-corrected chi connectivity index (χ3v) is 7.95. The van der Waals surface area contributed by atoms with Crippen LogP contribution < -0.4 is 20.5 Å². The van der Waals surface area contributed by atoms with Crippen molar-refractivity contribution in [1.29, 1.82) is 0 Å². The fourth-order valence-corrected chi connectivity index (χ4v) is 6.10. The normalized spacial score (nSPS) is 15.7. The van der Waals surface area contributed by atoms with Gasteiger partial charge in [0.15, 0.2) is 0 Å². The maximum absolute atomic E-state index is 13.0. The van der Waals surface area contributed by atoms with Crippen molar-refractivity contribution in [2.45, 2.75) is 32.2 Å². The number of nitrogens with one attached hydrogen (secondary N) is 1. The summed E-state index contributed by atoms with van der Waals surface area (Å²) < 4.78 is 6.79. The standard InChI is InChI=1S/C25H29N5O4S/c1-34-19-8-4-3-7-18(19)28-10-12-29(13-11-28)22(32)14-26-21(31)15-30-16-27-24-23(25(30)33)17-6-2-5-9-20(17)35-24/h3-4,7-8,16H,2,5-6,9-15H2,1H3,(H,26,31). The first kappa shape index (κ1) is 23.3. The lowest BCUT2D eigenvalue weighted by Crippen LogP contribution is -2.51. The van der Waals surface area contributed by atoms with Crippen LogP contribution in [0.25, 0.3) is 10.2 Å². The van der Waals surface area contributed by atoms with E-state index in [1.807, 2.05) is 24.3 Å². The molecule has 1 saturated heterocycles. The minimum Gasteiger partial charge on any atom is -0.495 e. The van der Waals surface area contributed by atoms with Crippen LogP contribution in [-0.2, 0) is 29.0 Å². The zero-order valence-electron chi connectivity index (χ0n) is 19.8. The van der Waals surface area contributed by atoms with Crippen LogP contribution in [0.1, 0.15) is 23.3 Å². The molecule has 0 atom stereocenters. The van der Waals surface area contributed by atoms with Crippen LogP contribution in [0.3, 0.4) is 0 Å². The van der Waals surface area contributed by atoms with Crippen LogP contribution in [0.15, 0.2) is 35.4 Å². The third-order valence-electron chi connectivity index (χ3n) is 6.75. The number of thiophene rings is 1. The van der Waals surface area contributed by atoms with E-state index in [0.29, 0.717) is 31.6 Å². The highest BCUT2D eigenvalue weighted by molar-refractivity contribution is 7.18. The number of anilines is 1. The molecule has 1 aliphatic heterocycles. The van der Waals surface area contributed by atoms with Crippen molar-refractivity contribution < 1.29 is 14.3 Å². The summed E-state index contributed by atoms with van der Waals surface area (Å²) in [4.78, 5) is 48.6. The number of aromatic nitrogens is 2. The van der Waals surface area contributed by atoms with Gasteiger partial charge in [-0.05, 0) is 43.4 Å². The Balaban J connectivity index is 1.15. The Bertz CT molecular complexity index is 1310. The van der Waals surface area contributed by atoms with Crippen LogP contribution in [0.5, 0.6) is 5.75 Å². The van der Waals surface area contributed by atoms with Crippen molar-refractivity contribution in [3.05, 3.63) is 51.4 Å². The highest BCUT2D eigenvalue weighted by Crippen LogP contribution is 2.33. The average Bonchev–Trinajstić information content (AvgIpc) is 3.28. The predicted octanol–water partition coefficient (Wildman–Crippen LogP) is 1.81.